The highest BCUT2D eigenvalue weighted by molar-refractivity contribution is 8.76. The summed E-state index contributed by atoms with van der Waals surface area (Å²) in [4.78, 5) is 22.9. The molecule has 2 aromatic carbocycles. The average molecular weight is 703 g/mol. The molecule has 2 rings (SSSR count). The van der Waals surface area contributed by atoms with Crippen LogP contribution < -0.4 is 9.47 Å². The number of esters is 2. The van der Waals surface area contributed by atoms with Gasteiger partial charge in [-0.3, -0.25) is 0 Å². The van der Waals surface area contributed by atoms with Gasteiger partial charge in [0.25, 0.3) is 0 Å². The summed E-state index contributed by atoms with van der Waals surface area (Å²) in [6.45, 7) is 1.46. The van der Waals surface area contributed by atoms with Crippen LogP contribution in [0.3, 0.4) is 0 Å². The first-order valence-corrected chi connectivity index (χ1v) is 21.0. The minimum Gasteiger partial charge on any atom is -0.494 e. The van der Waals surface area contributed by atoms with E-state index < -0.39 is 0 Å². The van der Waals surface area contributed by atoms with E-state index in [1.54, 1.807) is 24.3 Å². The molecule has 0 atom stereocenters. The van der Waals surface area contributed by atoms with Gasteiger partial charge in [-0.2, -0.15) is 0 Å². The van der Waals surface area contributed by atoms with Gasteiger partial charge >= 0.3 is 11.9 Å². The lowest BCUT2D eigenvalue weighted by Crippen LogP contribution is -2.01. The van der Waals surface area contributed by atoms with Gasteiger partial charge in [0.15, 0.2) is 0 Å². The summed E-state index contributed by atoms with van der Waals surface area (Å²) in [5.74, 6) is 3.59. The van der Waals surface area contributed by atoms with Gasteiger partial charge in [-0.15, -0.1) is 0 Å². The summed E-state index contributed by atoms with van der Waals surface area (Å²) in [5, 5.41) is 0. The van der Waals surface area contributed by atoms with Crippen LogP contribution in [-0.2, 0) is 9.47 Å². The summed E-state index contributed by atoms with van der Waals surface area (Å²) in [5.41, 5.74) is 1.10. The second kappa shape index (κ2) is 29.6. The second-order valence-electron chi connectivity index (χ2n) is 12.4. The Morgan fingerprint density at radius 2 is 0.688 bits per heavy atom. The average Bonchev–Trinajstić information content (AvgIpc) is 3.12. The van der Waals surface area contributed by atoms with E-state index in [1.807, 2.05) is 24.3 Å². The topological polar surface area (TPSA) is 71.1 Å². The van der Waals surface area contributed by atoms with Gasteiger partial charge in [0.1, 0.15) is 11.5 Å². The molecule has 0 fully saturated rings. The highest BCUT2D eigenvalue weighted by Gasteiger charge is 2.06. The Labute approximate surface area is 299 Å². The van der Waals surface area contributed by atoms with Crippen molar-refractivity contribution in [3.05, 3.63) is 59.7 Å². The Morgan fingerprint density at radius 3 is 0.979 bits per heavy atom. The second-order valence-corrected chi connectivity index (χ2v) is 15.1. The largest absolute Gasteiger partial charge is 0.494 e. The van der Waals surface area contributed by atoms with E-state index in [-0.39, 0.29) is 11.9 Å². The number of methoxy groups -OCH3 is 2. The quantitative estimate of drug-likeness (QED) is 0.0437. The van der Waals surface area contributed by atoms with Crippen LogP contribution in [0.5, 0.6) is 11.5 Å². The van der Waals surface area contributed by atoms with Gasteiger partial charge in [-0.1, -0.05) is 124 Å². The van der Waals surface area contributed by atoms with Crippen molar-refractivity contribution in [3.8, 4) is 11.5 Å². The number of benzene rings is 2. The third-order valence-corrected chi connectivity index (χ3v) is 11.0. The van der Waals surface area contributed by atoms with Crippen molar-refractivity contribution in [3.63, 3.8) is 0 Å². The molecule has 0 spiro atoms. The van der Waals surface area contributed by atoms with Crippen molar-refractivity contribution in [1.29, 1.82) is 0 Å². The Kier molecular flexibility index (Phi) is 25.8. The summed E-state index contributed by atoms with van der Waals surface area (Å²) >= 11 is 0. The highest BCUT2D eigenvalue weighted by Crippen LogP contribution is 2.25. The van der Waals surface area contributed by atoms with Crippen molar-refractivity contribution < 1.29 is 28.5 Å². The van der Waals surface area contributed by atoms with Crippen LogP contribution in [0.2, 0.25) is 0 Å². The summed E-state index contributed by atoms with van der Waals surface area (Å²) in [6, 6.07) is 14.3. The van der Waals surface area contributed by atoms with E-state index in [0.717, 1.165) is 37.6 Å². The van der Waals surface area contributed by atoms with Crippen LogP contribution >= 0.6 is 21.6 Å². The summed E-state index contributed by atoms with van der Waals surface area (Å²) in [6.07, 6.45) is 26.3. The standard InChI is InChI=1S/C40H62O6S2/c1-43-39(41)35-23-27-37(28-24-35)45-31-19-15-11-7-3-5-9-13-17-21-33-47-48-34-22-18-14-10-6-4-8-12-16-20-32-46-38-29-25-36(26-30-38)40(42)44-2/h23-30H,3-22,31-34H2,1-2H3. The molecule has 0 aliphatic heterocycles. The fourth-order valence-electron chi connectivity index (χ4n) is 5.46. The lowest BCUT2D eigenvalue weighted by molar-refractivity contribution is 0.0591. The van der Waals surface area contributed by atoms with Crippen molar-refractivity contribution in [1.82, 2.24) is 0 Å². The molecule has 0 saturated carbocycles. The monoisotopic (exact) mass is 702 g/mol. The fourth-order valence-corrected chi connectivity index (χ4v) is 7.76. The number of hydrogen-bond acceptors (Lipinski definition) is 8. The number of ether oxygens (including phenoxy) is 4. The maximum Gasteiger partial charge on any atom is 0.337 e. The number of unbranched alkanes of at least 4 members (excludes halogenated alkanes) is 18. The molecule has 8 heteroatoms. The van der Waals surface area contributed by atoms with Gasteiger partial charge in [0.2, 0.25) is 0 Å². The maximum absolute atomic E-state index is 11.5. The van der Waals surface area contributed by atoms with Crippen LogP contribution in [0.4, 0.5) is 0 Å². The van der Waals surface area contributed by atoms with Gasteiger partial charge in [0, 0.05) is 11.5 Å². The molecule has 0 N–H and O–H groups in total. The Morgan fingerprint density at radius 1 is 0.417 bits per heavy atom. The molecule has 0 aromatic heterocycles. The van der Waals surface area contributed by atoms with Gasteiger partial charge < -0.3 is 18.9 Å². The highest BCUT2D eigenvalue weighted by atomic mass is 33.1. The molecule has 0 unspecified atom stereocenters. The summed E-state index contributed by atoms with van der Waals surface area (Å²) < 4.78 is 21.0. The van der Waals surface area contributed by atoms with E-state index in [1.165, 1.54) is 141 Å². The van der Waals surface area contributed by atoms with Crippen molar-refractivity contribution in [2.45, 2.75) is 128 Å². The van der Waals surface area contributed by atoms with Crippen LogP contribution in [0.1, 0.15) is 149 Å². The van der Waals surface area contributed by atoms with Crippen molar-refractivity contribution >= 4 is 33.5 Å². The molecule has 0 radical (unpaired) electrons. The lowest BCUT2D eigenvalue weighted by atomic mass is 10.1. The van der Waals surface area contributed by atoms with E-state index >= 15 is 0 Å². The predicted octanol–water partition coefficient (Wildman–Crippen LogP) is 11.9. The molecule has 2 aromatic rings. The normalized spacial score (nSPS) is 11.0. The van der Waals surface area contributed by atoms with Gasteiger partial charge in [-0.05, 0) is 74.2 Å². The van der Waals surface area contributed by atoms with Crippen LogP contribution in [0.25, 0.3) is 0 Å². The minimum absolute atomic E-state index is 0.318. The van der Waals surface area contributed by atoms with Crippen LogP contribution in [0, 0.1) is 0 Å². The molecule has 0 heterocycles. The third kappa shape index (κ3) is 21.6. The SMILES string of the molecule is COC(=O)c1ccc(OCCCCCCCCCCCCSSCCCCCCCCCCCCOc2ccc(C(=O)OC)cc2)cc1. The zero-order valence-electron chi connectivity index (χ0n) is 29.9. The predicted molar refractivity (Wildman–Crippen MR) is 204 cm³/mol. The van der Waals surface area contributed by atoms with E-state index in [4.69, 9.17) is 18.9 Å². The Balaban J connectivity index is 1.20. The zero-order chi connectivity index (χ0) is 34.3. The van der Waals surface area contributed by atoms with E-state index in [9.17, 15) is 9.59 Å². The lowest BCUT2D eigenvalue weighted by Gasteiger charge is -2.07. The number of carbonyl (C=O) groups is 2. The molecular formula is C40H62O6S2. The smallest absolute Gasteiger partial charge is 0.337 e. The molecule has 48 heavy (non-hydrogen) atoms. The Hall–Kier alpha value is -2.32. The first-order chi connectivity index (χ1) is 23.6. The first-order valence-electron chi connectivity index (χ1n) is 18.5. The minimum atomic E-state index is -0.318. The first kappa shape index (κ1) is 41.8. The molecule has 0 aliphatic carbocycles. The molecule has 270 valence electrons. The number of rotatable bonds is 31. The number of carbonyl (C=O) groups excluding carboxylic acids is 2. The number of hydrogen-bond donors (Lipinski definition) is 0. The van der Waals surface area contributed by atoms with E-state index in [0.29, 0.717) is 11.1 Å². The van der Waals surface area contributed by atoms with Crippen LogP contribution in [0.15, 0.2) is 48.5 Å². The van der Waals surface area contributed by atoms with Crippen molar-refractivity contribution in [2.75, 3.05) is 38.9 Å². The molecular weight excluding hydrogens is 641 g/mol. The third-order valence-electron chi connectivity index (χ3n) is 8.42. The van der Waals surface area contributed by atoms with Gasteiger partial charge in [-0.25, -0.2) is 9.59 Å². The zero-order valence-corrected chi connectivity index (χ0v) is 31.5. The molecule has 6 nitrogen and oxygen atoms in total. The van der Waals surface area contributed by atoms with Crippen LogP contribution in [-0.4, -0.2) is 50.9 Å². The molecule has 0 saturated heterocycles. The molecule has 0 bridgehead atoms. The van der Waals surface area contributed by atoms with E-state index in [2.05, 4.69) is 21.6 Å². The van der Waals surface area contributed by atoms with Crippen molar-refractivity contribution in [2.24, 2.45) is 0 Å². The Bertz CT molecular complexity index is 975. The fraction of sp³-hybridized carbons (Fsp3) is 0.650. The molecule has 0 aliphatic rings. The van der Waals surface area contributed by atoms with Gasteiger partial charge in [0.05, 0.1) is 38.6 Å². The molecule has 0 amide bonds. The maximum atomic E-state index is 11.5. The summed E-state index contributed by atoms with van der Waals surface area (Å²) in [7, 11) is 6.95.